The zero-order valence-electron chi connectivity index (χ0n) is 29.3. The lowest BCUT2D eigenvalue weighted by molar-refractivity contribution is -0.142. The molecule has 0 radical (unpaired) electrons. The van der Waals surface area contributed by atoms with Gasteiger partial charge in [-0.25, -0.2) is 4.79 Å². The van der Waals surface area contributed by atoms with Gasteiger partial charge in [-0.15, -0.1) is 0 Å². The summed E-state index contributed by atoms with van der Waals surface area (Å²) in [7, 11) is 0. The summed E-state index contributed by atoms with van der Waals surface area (Å²) in [5, 5.41) is 20.0. The summed E-state index contributed by atoms with van der Waals surface area (Å²) in [6.07, 6.45) is 3.39. The highest BCUT2D eigenvalue weighted by molar-refractivity contribution is 6.12. The molecule has 7 amide bonds. The molecule has 2 atom stereocenters. The van der Waals surface area contributed by atoms with Crippen molar-refractivity contribution in [3.8, 4) is 0 Å². The van der Waals surface area contributed by atoms with Gasteiger partial charge in [0.1, 0.15) is 12.1 Å². The van der Waals surface area contributed by atoms with Crippen LogP contribution >= 0.6 is 0 Å². The largest absolute Gasteiger partial charge is 0.392 e. The molecule has 0 fully saturated rings. The van der Waals surface area contributed by atoms with Crippen LogP contribution in [-0.4, -0.2) is 95.2 Å². The van der Waals surface area contributed by atoms with Crippen molar-refractivity contribution in [2.24, 2.45) is 11.7 Å². The summed E-state index contributed by atoms with van der Waals surface area (Å²) in [4.78, 5) is 75.3. The minimum Gasteiger partial charge on any atom is -0.392 e. The van der Waals surface area contributed by atoms with Gasteiger partial charge in [0.2, 0.25) is 17.7 Å². The minimum atomic E-state index is -0.987. The lowest BCUT2D eigenvalue weighted by Gasteiger charge is -2.33. The smallest absolute Gasteiger partial charge is 0.312 e. The lowest BCUT2D eigenvalue weighted by atomic mass is 10.0. The van der Waals surface area contributed by atoms with E-state index in [0.717, 1.165) is 4.90 Å². The number of hydrogen-bond donors (Lipinski definition) is 6. The average molecular weight is 689 g/mol. The average Bonchev–Trinajstić information content (AvgIpc) is 3.35. The summed E-state index contributed by atoms with van der Waals surface area (Å²) >= 11 is 0. The molecule has 1 aromatic rings. The molecule has 0 spiro atoms. The Morgan fingerprint density at radius 3 is 2.12 bits per heavy atom. The molecule has 15 heteroatoms. The van der Waals surface area contributed by atoms with Crippen LogP contribution in [0, 0.1) is 5.92 Å². The van der Waals surface area contributed by atoms with E-state index in [9.17, 15) is 33.9 Å². The lowest BCUT2D eigenvalue weighted by Crippen LogP contribution is -2.54. The predicted octanol–water partition coefficient (Wildman–Crippen LogP) is 1.49. The van der Waals surface area contributed by atoms with Gasteiger partial charge < -0.3 is 41.6 Å². The third-order valence-corrected chi connectivity index (χ3v) is 7.74. The van der Waals surface area contributed by atoms with E-state index in [-0.39, 0.29) is 63.5 Å². The minimum absolute atomic E-state index is 0.0396. The second kappa shape index (κ2) is 19.0. The van der Waals surface area contributed by atoms with E-state index in [1.54, 1.807) is 38.1 Å². The van der Waals surface area contributed by atoms with Gasteiger partial charge in [0.15, 0.2) is 0 Å². The number of carbonyl (C=O) groups excluding carboxylic acids is 6. The Balaban J connectivity index is 1.91. The van der Waals surface area contributed by atoms with E-state index in [1.165, 1.54) is 12.2 Å². The number of anilines is 1. The Bertz CT molecular complexity index is 1330. The molecule has 7 N–H and O–H groups in total. The first-order chi connectivity index (χ1) is 22.9. The van der Waals surface area contributed by atoms with E-state index in [4.69, 9.17) is 15.2 Å². The number of aliphatic hydroxyl groups excluding tert-OH is 1. The first kappa shape index (κ1) is 40.8. The standard InChI is InChI=1S/C34H52N6O9/c1-22(2)29(31(46)38-25(8-7-17-36-32(35)47)30(45)37-24-11-9-23(20-41)10-12-24)39-26(42)15-19-48-34(5,6)21-49-33(3,4)16-18-40-27(43)13-14-28(40)44/h9-14,22,25,29,41H,7-8,15-21H2,1-6H3,(H,37,45)(H,38,46)(H,39,42)(H3,35,36,47)/t25-,29?/m0/s1. The number of rotatable bonds is 21. The first-order valence-corrected chi connectivity index (χ1v) is 16.4. The zero-order valence-corrected chi connectivity index (χ0v) is 29.3. The molecule has 0 aliphatic carbocycles. The molecule has 49 heavy (non-hydrogen) atoms. The van der Waals surface area contributed by atoms with Crippen molar-refractivity contribution in [1.29, 1.82) is 0 Å². The molecule has 1 aliphatic rings. The van der Waals surface area contributed by atoms with Crippen LogP contribution in [0.5, 0.6) is 0 Å². The van der Waals surface area contributed by atoms with Gasteiger partial charge in [-0.05, 0) is 70.6 Å². The van der Waals surface area contributed by atoms with Crippen LogP contribution in [0.15, 0.2) is 36.4 Å². The van der Waals surface area contributed by atoms with E-state index in [0.29, 0.717) is 24.1 Å². The summed E-state index contributed by atoms with van der Waals surface area (Å²) in [6.45, 7) is 11.4. The van der Waals surface area contributed by atoms with Gasteiger partial charge in [-0.3, -0.25) is 28.9 Å². The molecule has 1 aliphatic heterocycles. The number of urea groups is 1. The van der Waals surface area contributed by atoms with E-state index in [2.05, 4.69) is 21.3 Å². The van der Waals surface area contributed by atoms with E-state index >= 15 is 0 Å². The monoisotopic (exact) mass is 688 g/mol. The SMILES string of the molecule is CC(C)C(NC(=O)CCOC(C)(C)COC(C)(C)CCN1C(=O)C=CC1=O)C(=O)N[C@@H](CCCNC(N)=O)C(=O)Nc1ccc(CO)cc1. The third-order valence-electron chi connectivity index (χ3n) is 7.74. The van der Waals surface area contributed by atoms with Crippen molar-refractivity contribution in [2.75, 3.05) is 31.6 Å². The molecule has 0 bridgehead atoms. The quantitative estimate of drug-likeness (QED) is 0.0813. The van der Waals surface area contributed by atoms with Crippen LogP contribution < -0.4 is 27.0 Å². The topological polar surface area (TPSA) is 218 Å². The van der Waals surface area contributed by atoms with E-state index in [1.807, 2.05) is 27.7 Å². The summed E-state index contributed by atoms with van der Waals surface area (Å²) in [5.41, 5.74) is 4.84. The van der Waals surface area contributed by atoms with Crippen LogP contribution in [-0.2, 0) is 40.1 Å². The second-order valence-electron chi connectivity index (χ2n) is 13.4. The number of hydrogen-bond acceptors (Lipinski definition) is 9. The van der Waals surface area contributed by atoms with Crippen LogP contribution in [0.25, 0.3) is 0 Å². The number of imide groups is 1. The fourth-order valence-electron chi connectivity index (χ4n) is 4.69. The number of carbonyl (C=O) groups is 6. The van der Waals surface area contributed by atoms with Gasteiger partial charge >= 0.3 is 6.03 Å². The normalized spacial score (nSPS) is 14.5. The van der Waals surface area contributed by atoms with Crippen LogP contribution in [0.4, 0.5) is 10.5 Å². The van der Waals surface area contributed by atoms with Gasteiger partial charge in [-0.2, -0.15) is 0 Å². The summed E-state index contributed by atoms with van der Waals surface area (Å²) in [5.74, 6) is -2.47. The van der Waals surface area contributed by atoms with E-state index < -0.39 is 47.0 Å². The molecule has 2 rings (SSSR count). The van der Waals surface area contributed by atoms with Gasteiger partial charge in [-0.1, -0.05) is 26.0 Å². The predicted molar refractivity (Wildman–Crippen MR) is 182 cm³/mol. The molecular weight excluding hydrogens is 636 g/mol. The zero-order chi connectivity index (χ0) is 36.8. The Kier molecular flexibility index (Phi) is 15.8. The fourth-order valence-corrected chi connectivity index (χ4v) is 4.69. The molecule has 15 nitrogen and oxygen atoms in total. The third kappa shape index (κ3) is 14.8. The highest BCUT2D eigenvalue weighted by Gasteiger charge is 2.31. The summed E-state index contributed by atoms with van der Waals surface area (Å²) < 4.78 is 12.0. The van der Waals surface area contributed by atoms with Crippen LogP contribution in [0.1, 0.15) is 72.8 Å². The molecule has 0 saturated heterocycles. The van der Waals surface area contributed by atoms with Gasteiger partial charge in [0.05, 0.1) is 37.4 Å². The number of nitrogens with zero attached hydrogens (tertiary/aromatic N) is 1. The van der Waals surface area contributed by atoms with Gasteiger partial charge in [0, 0.05) is 30.9 Å². The van der Waals surface area contributed by atoms with Crippen molar-refractivity contribution in [2.45, 2.75) is 97.1 Å². The Hall–Kier alpha value is -4.34. The second-order valence-corrected chi connectivity index (χ2v) is 13.4. The molecule has 1 aromatic carbocycles. The van der Waals surface area contributed by atoms with Crippen molar-refractivity contribution < 1.29 is 43.3 Å². The number of amides is 7. The molecule has 272 valence electrons. The fraction of sp³-hybridized carbons (Fsp3) is 0.588. The molecular formula is C34H52N6O9. The van der Waals surface area contributed by atoms with Crippen molar-refractivity contribution in [3.63, 3.8) is 0 Å². The van der Waals surface area contributed by atoms with Crippen molar-refractivity contribution >= 4 is 41.3 Å². The van der Waals surface area contributed by atoms with Crippen molar-refractivity contribution in [3.05, 3.63) is 42.0 Å². The molecule has 1 unspecified atom stereocenters. The van der Waals surface area contributed by atoms with Crippen LogP contribution in [0.3, 0.4) is 0 Å². The van der Waals surface area contributed by atoms with Crippen LogP contribution in [0.2, 0.25) is 0 Å². The Morgan fingerprint density at radius 2 is 1.55 bits per heavy atom. The first-order valence-electron chi connectivity index (χ1n) is 16.4. The maximum atomic E-state index is 13.4. The molecule has 0 aromatic heterocycles. The number of ether oxygens (including phenoxy) is 2. The summed E-state index contributed by atoms with van der Waals surface area (Å²) in [6, 6.07) is 3.94. The molecule has 0 saturated carbocycles. The number of nitrogens with two attached hydrogens (primary N) is 1. The number of aliphatic hydroxyl groups is 1. The Labute approximate surface area is 287 Å². The maximum Gasteiger partial charge on any atom is 0.312 e. The highest BCUT2D eigenvalue weighted by Crippen LogP contribution is 2.21. The van der Waals surface area contributed by atoms with Crippen molar-refractivity contribution in [1.82, 2.24) is 20.9 Å². The number of primary amides is 1. The Morgan fingerprint density at radius 1 is 0.918 bits per heavy atom. The number of benzene rings is 1. The number of nitrogens with one attached hydrogen (secondary N) is 4. The molecule has 1 heterocycles. The highest BCUT2D eigenvalue weighted by atomic mass is 16.6. The maximum absolute atomic E-state index is 13.4. The van der Waals surface area contributed by atoms with Gasteiger partial charge in [0.25, 0.3) is 11.8 Å².